The highest BCUT2D eigenvalue weighted by atomic mass is 79.9. The van der Waals surface area contributed by atoms with E-state index in [0.29, 0.717) is 24.6 Å². The van der Waals surface area contributed by atoms with Crippen LogP contribution in [0.4, 0.5) is 0 Å². The predicted molar refractivity (Wildman–Crippen MR) is 72.7 cm³/mol. The average Bonchev–Trinajstić information content (AvgIpc) is 2.80. The highest BCUT2D eigenvalue weighted by Crippen LogP contribution is 2.28. The van der Waals surface area contributed by atoms with Gasteiger partial charge in [0.25, 0.3) is 0 Å². The lowest BCUT2D eigenvalue weighted by Crippen LogP contribution is -1.95. The smallest absolute Gasteiger partial charge is 0.303 e. The van der Waals surface area contributed by atoms with Gasteiger partial charge in [-0.2, -0.15) is 0 Å². The Balaban J connectivity index is 2.12. The third-order valence-electron chi connectivity index (χ3n) is 2.60. The normalized spacial score (nSPS) is 10.6. The van der Waals surface area contributed by atoms with Crippen LogP contribution in [0.1, 0.15) is 24.3 Å². The first kappa shape index (κ1) is 13.7. The molecular weight excluding hydrogens is 312 g/mol. The molecule has 6 heteroatoms. The molecule has 1 N–H and O–H groups in total. The fourth-order valence-corrected chi connectivity index (χ4v) is 2.07. The third-order valence-corrected chi connectivity index (χ3v) is 3.29. The van der Waals surface area contributed by atoms with E-state index < -0.39 is 5.97 Å². The Morgan fingerprint density at radius 3 is 2.95 bits per heavy atom. The van der Waals surface area contributed by atoms with Gasteiger partial charge in [0, 0.05) is 17.3 Å². The molecule has 19 heavy (non-hydrogen) atoms. The zero-order chi connectivity index (χ0) is 13.8. The lowest BCUT2D eigenvalue weighted by Gasteiger charge is -2.00. The van der Waals surface area contributed by atoms with Crippen molar-refractivity contribution in [2.75, 3.05) is 0 Å². The molecule has 1 heterocycles. The van der Waals surface area contributed by atoms with Crippen molar-refractivity contribution < 1.29 is 14.3 Å². The number of aliphatic carboxylic acids is 1. The first-order valence-electron chi connectivity index (χ1n) is 5.87. The van der Waals surface area contributed by atoms with E-state index in [1.807, 2.05) is 25.1 Å². The number of carbonyl (C=O) groups is 1. The van der Waals surface area contributed by atoms with E-state index in [0.717, 1.165) is 15.6 Å². The van der Waals surface area contributed by atoms with Gasteiger partial charge in [-0.05, 0) is 41.4 Å². The minimum atomic E-state index is -0.818. The Bertz CT molecular complexity index is 595. The Labute approximate surface area is 118 Å². The molecular formula is C13H13BrN2O3. The maximum absolute atomic E-state index is 10.4. The van der Waals surface area contributed by atoms with Crippen LogP contribution in [0.25, 0.3) is 11.5 Å². The van der Waals surface area contributed by atoms with Gasteiger partial charge in [-0.3, -0.25) is 4.79 Å². The summed E-state index contributed by atoms with van der Waals surface area (Å²) in [5.74, 6) is 0.0896. The van der Waals surface area contributed by atoms with Gasteiger partial charge >= 0.3 is 5.97 Å². The molecule has 2 aromatic rings. The second-order valence-corrected chi connectivity index (χ2v) is 5.09. The number of benzene rings is 1. The van der Waals surface area contributed by atoms with Crippen molar-refractivity contribution in [3.63, 3.8) is 0 Å². The summed E-state index contributed by atoms with van der Waals surface area (Å²) < 4.78 is 6.43. The molecule has 0 saturated heterocycles. The summed E-state index contributed by atoms with van der Waals surface area (Å²) in [5.41, 5.74) is 1.95. The van der Waals surface area contributed by atoms with E-state index in [1.54, 1.807) is 0 Å². The number of carboxylic acids is 1. The lowest BCUT2D eigenvalue weighted by atomic mass is 10.1. The van der Waals surface area contributed by atoms with Crippen molar-refractivity contribution in [1.29, 1.82) is 0 Å². The number of hydrogen-bond acceptors (Lipinski definition) is 4. The molecule has 0 fully saturated rings. The topological polar surface area (TPSA) is 76.2 Å². The van der Waals surface area contributed by atoms with Gasteiger partial charge in [-0.25, -0.2) is 0 Å². The SMILES string of the molecule is Cc1ccc(Br)c(-c2nnc(CCCC(=O)O)o2)c1. The number of hydrogen-bond donors (Lipinski definition) is 1. The van der Waals surface area contributed by atoms with E-state index >= 15 is 0 Å². The summed E-state index contributed by atoms with van der Waals surface area (Å²) in [6.07, 6.45) is 1.07. The molecule has 0 aliphatic carbocycles. The predicted octanol–water partition coefficient (Wildman–Crippen LogP) is 3.21. The zero-order valence-electron chi connectivity index (χ0n) is 10.4. The van der Waals surface area contributed by atoms with E-state index in [2.05, 4.69) is 26.1 Å². The molecule has 0 radical (unpaired) electrons. The largest absolute Gasteiger partial charge is 0.481 e. The first-order valence-corrected chi connectivity index (χ1v) is 6.66. The van der Waals surface area contributed by atoms with Gasteiger partial charge in [-0.1, -0.05) is 11.6 Å². The van der Waals surface area contributed by atoms with Crippen molar-refractivity contribution in [2.45, 2.75) is 26.2 Å². The van der Waals surface area contributed by atoms with E-state index in [4.69, 9.17) is 9.52 Å². The molecule has 0 aliphatic rings. The zero-order valence-corrected chi connectivity index (χ0v) is 12.0. The molecule has 0 aliphatic heterocycles. The molecule has 0 saturated carbocycles. The Morgan fingerprint density at radius 1 is 1.42 bits per heavy atom. The van der Waals surface area contributed by atoms with Crippen LogP contribution in [-0.4, -0.2) is 21.3 Å². The van der Waals surface area contributed by atoms with Gasteiger partial charge in [0.05, 0.1) is 5.56 Å². The fraction of sp³-hybridized carbons (Fsp3) is 0.308. The molecule has 1 aromatic heterocycles. The van der Waals surface area contributed by atoms with Gasteiger partial charge in [-0.15, -0.1) is 10.2 Å². The van der Waals surface area contributed by atoms with Crippen LogP contribution in [0.15, 0.2) is 27.1 Å². The number of carboxylic acid groups (broad SMARTS) is 1. The lowest BCUT2D eigenvalue weighted by molar-refractivity contribution is -0.137. The third kappa shape index (κ3) is 3.64. The average molecular weight is 325 g/mol. The monoisotopic (exact) mass is 324 g/mol. The number of aromatic nitrogens is 2. The summed E-state index contributed by atoms with van der Waals surface area (Å²) in [4.78, 5) is 10.4. The van der Waals surface area contributed by atoms with Gasteiger partial charge < -0.3 is 9.52 Å². The van der Waals surface area contributed by atoms with Crippen molar-refractivity contribution in [2.24, 2.45) is 0 Å². The molecule has 0 amide bonds. The molecule has 0 unspecified atom stereocenters. The van der Waals surface area contributed by atoms with Crippen molar-refractivity contribution in [1.82, 2.24) is 10.2 Å². The second kappa shape index (κ2) is 5.97. The van der Waals surface area contributed by atoms with Crippen LogP contribution in [0.2, 0.25) is 0 Å². The van der Waals surface area contributed by atoms with Crippen LogP contribution in [0, 0.1) is 6.92 Å². The van der Waals surface area contributed by atoms with Crippen LogP contribution < -0.4 is 0 Å². The second-order valence-electron chi connectivity index (χ2n) is 4.23. The van der Waals surface area contributed by atoms with E-state index in [1.165, 1.54) is 0 Å². The summed E-state index contributed by atoms with van der Waals surface area (Å²) in [6, 6.07) is 5.87. The fourth-order valence-electron chi connectivity index (χ4n) is 1.66. The number of rotatable bonds is 5. The summed E-state index contributed by atoms with van der Waals surface area (Å²) in [6.45, 7) is 1.99. The molecule has 5 nitrogen and oxygen atoms in total. The van der Waals surface area contributed by atoms with Crippen molar-refractivity contribution >= 4 is 21.9 Å². The standard InChI is InChI=1S/C13H13BrN2O3/c1-8-5-6-10(14)9(7-8)13-16-15-11(19-13)3-2-4-12(17)18/h5-7H,2-4H2,1H3,(H,17,18). The van der Waals surface area contributed by atoms with Gasteiger partial charge in [0.2, 0.25) is 11.8 Å². The number of halogens is 1. The van der Waals surface area contributed by atoms with E-state index in [9.17, 15) is 4.79 Å². The Hall–Kier alpha value is -1.69. The van der Waals surface area contributed by atoms with E-state index in [-0.39, 0.29) is 6.42 Å². The van der Waals surface area contributed by atoms with Crippen molar-refractivity contribution in [3.05, 3.63) is 34.1 Å². The van der Waals surface area contributed by atoms with Crippen LogP contribution in [-0.2, 0) is 11.2 Å². The molecule has 0 bridgehead atoms. The van der Waals surface area contributed by atoms with Gasteiger partial charge in [0.15, 0.2) is 0 Å². The molecule has 0 atom stereocenters. The highest BCUT2D eigenvalue weighted by molar-refractivity contribution is 9.10. The van der Waals surface area contributed by atoms with Crippen LogP contribution >= 0.6 is 15.9 Å². The maximum atomic E-state index is 10.4. The minimum absolute atomic E-state index is 0.103. The number of aryl methyl sites for hydroxylation is 2. The molecule has 100 valence electrons. The Morgan fingerprint density at radius 2 is 2.21 bits per heavy atom. The summed E-state index contributed by atoms with van der Waals surface area (Å²) in [7, 11) is 0. The first-order chi connectivity index (χ1) is 9.06. The van der Waals surface area contributed by atoms with Gasteiger partial charge in [0.1, 0.15) is 0 Å². The molecule has 1 aromatic carbocycles. The summed E-state index contributed by atoms with van der Waals surface area (Å²) >= 11 is 3.44. The summed E-state index contributed by atoms with van der Waals surface area (Å²) in [5, 5.41) is 16.5. The maximum Gasteiger partial charge on any atom is 0.303 e. The highest BCUT2D eigenvalue weighted by Gasteiger charge is 2.12. The quantitative estimate of drug-likeness (QED) is 0.913. The molecule has 0 spiro atoms. The van der Waals surface area contributed by atoms with Crippen LogP contribution in [0.3, 0.4) is 0 Å². The van der Waals surface area contributed by atoms with Crippen molar-refractivity contribution in [3.8, 4) is 11.5 Å². The number of nitrogens with zero attached hydrogens (tertiary/aromatic N) is 2. The molecule has 2 rings (SSSR count). The van der Waals surface area contributed by atoms with Crippen LogP contribution in [0.5, 0.6) is 0 Å². The minimum Gasteiger partial charge on any atom is -0.481 e. The Kier molecular flexibility index (Phi) is 4.31.